The summed E-state index contributed by atoms with van der Waals surface area (Å²) in [7, 11) is 0. The highest BCUT2D eigenvalue weighted by Gasteiger charge is 2.11. The Morgan fingerprint density at radius 3 is 3.00 bits per heavy atom. The molecular weight excluding hydrogens is 264 g/mol. The predicted octanol–water partition coefficient (Wildman–Crippen LogP) is 4.38. The molecule has 0 unspecified atom stereocenters. The number of thioether (sulfide) groups is 1. The highest BCUT2D eigenvalue weighted by atomic mass is 32.2. The first-order valence-corrected chi connectivity index (χ1v) is 8.32. The predicted molar refractivity (Wildman–Crippen MR) is 88.8 cm³/mol. The molecule has 0 aliphatic carbocycles. The third-order valence-electron chi connectivity index (χ3n) is 3.71. The second-order valence-corrected chi connectivity index (χ2v) is 5.95. The highest BCUT2D eigenvalue weighted by molar-refractivity contribution is 7.98. The number of hydrogen-bond donors (Lipinski definition) is 2. The molecule has 1 aliphatic heterocycles. The highest BCUT2D eigenvalue weighted by Crippen LogP contribution is 2.27. The van der Waals surface area contributed by atoms with Crippen molar-refractivity contribution in [2.75, 3.05) is 23.4 Å². The van der Waals surface area contributed by atoms with Gasteiger partial charge in [0.2, 0.25) is 0 Å². The van der Waals surface area contributed by atoms with Crippen LogP contribution in [0.2, 0.25) is 0 Å². The van der Waals surface area contributed by atoms with Crippen molar-refractivity contribution in [3.05, 3.63) is 53.6 Å². The molecule has 0 amide bonds. The van der Waals surface area contributed by atoms with Crippen LogP contribution in [0, 0.1) is 0 Å². The molecule has 1 aliphatic rings. The van der Waals surface area contributed by atoms with Gasteiger partial charge in [0.1, 0.15) is 0 Å². The van der Waals surface area contributed by atoms with Crippen molar-refractivity contribution >= 4 is 23.1 Å². The van der Waals surface area contributed by atoms with Crippen LogP contribution in [0.5, 0.6) is 0 Å². The van der Waals surface area contributed by atoms with Gasteiger partial charge >= 0.3 is 0 Å². The minimum atomic E-state index is 0.869. The number of aryl methyl sites for hydroxylation is 1. The second-order valence-electron chi connectivity index (χ2n) is 5.07. The number of hydrogen-bond acceptors (Lipinski definition) is 3. The summed E-state index contributed by atoms with van der Waals surface area (Å²) >= 11 is 1.78. The van der Waals surface area contributed by atoms with Crippen molar-refractivity contribution in [2.24, 2.45) is 0 Å². The Hall–Kier alpha value is -1.61. The Bertz CT molecular complexity index is 595. The number of anilines is 2. The van der Waals surface area contributed by atoms with Crippen LogP contribution in [-0.4, -0.2) is 12.8 Å². The quantitative estimate of drug-likeness (QED) is 0.815. The average Bonchev–Trinajstić information content (AvgIpc) is 2.53. The van der Waals surface area contributed by atoms with E-state index in [-0.39, 0.29) is 0 Å². The molecule has 2 aromatic rings. The average molecular weight is 284 g/mol. The smallest absolute Gasteiger partial charge is 0.0423 e. The van der Waals surface area contributed by atoms with E-state index in [1.165, 1.54) is 40.2 Å². The van der Waals surface area contributed by atoms with Crippen LogP contribution in [0.1, 0.15) is 17.5 Å². The minimum absolute atomic E-state index is 0.869. The summed E-state index contributed by atoms with van der Waals surface area (Å²) in [6.07, 6.45) is 4.54. The third-order valence-corrected chi connectivity index (χ3v) is 4.44. The molecule has 0 saturated heterocycles. The molecule has 2 aromatic carbocycles. The number of benzene rings is 2. The lowest BCUT2D eigenvalue weighted by atomic mass is 9.99. The molecule has 0 bridgehead atoms. The van der Waals surface area contributed by atoms with E-state index in [9.17, 15) is 0 Å². The molecule has 1 heterocycles. The van der Waals surface area contributed by atoms with E-state index in [1.807, 2.05) is 0 Å². The van der Waals surface area contributed by atoms with Crippen LogP contribution in [0.3, 0.4) is 0 Å². The maximum atomic E-state index is 3.55. The monoisotopic (exact) mass is 284 g/mol. The van der Waals surface area contributed by atoms with Crippen LogP contribution >= 0.6 is 11.8 Å². The van der Waals surface area contributed by atoms with E-state index in [0.29, 0.717) is 0 Å². The van der Waals surface area contributed by atoms with Crippen LogP contribution in [0.25, 0.3) is 0 Å². The van der Waals surface area contributed by atoms with Crippen LogP contribution in [-0.2, 0) is 13.0 Å². The SMILES string of the molecule is CSc1cccc(NCc2cccc3c2NCCC3)c1. The fourth-order valence-electron chi connectivity index (χ4n) is 2.66. The summed E-state index contributed by atoms with van der Waals surface area (Å²) in [6.45, 7) is 1.96. The Morgan fingerprint density at radius 2 is 2.10 bits per heavy atom. The number of rotatable bonds is 4. The molecule has 0 fully saturated rings. The summed E-state index contributed by atoms with van der Waals surface area (Å²) in [5, 5.41) is 7.08. The summed E-state index contributed by atoms with van der Waals surface area (Å²) in [5.41, 5.74) is 5.34. The fraction of sp³-hybridized carbons (Fsp3) is 0.294. The third kappa shape index (κ3) is 2.93. The van der Waals surface area contributed by atoms with Gasteiger partial charge in [-0.25, -0.2) is 0 Å². The van der Waals surface area contributed by atoms with E-state index < -0.39 is 0 Å². The standard InChI is InChI=1S/C17H20N2S/c1-20-16-9-3-8-15(11-16)19-12-14-6-2-5-13-7-4-10-18-17(13)14/h2-3,5-6,8-9,11,18-19H,4,7,10,12H2,1H3. The fourth-order valence-corrected chi connectivity index (χ4v) is 3.12. The van der Waals surface area contributed by atoms with Crippen molar-refractivity contribution in [1.29, 1.82) is 0 Å². The number of nitrogens with one attached hydrogen (secondary N) is 2. The largest absolute Gasteiger partial charge is 0.385 e. The van der Waals surface area contributed by atoms with Crippen molar-refractivity contribution in [2.45, 2.75) is 24.3 Å². The van der Waals surface area contributed by atoms with Crippen molar-refractivity contribution < 1.29 is 0 Å². The van der Waals surface area contributed by atoms with E-state index in [0.717, 1.165) is 13.1 Å². The lowest BCUT2D eigenvalue weighted by Crippen LogP contribution is -2.14. The lowest BCUT2D eigenvalue weighted by molar-refractivity contribution is 0.825. The molecule has 3 heteroatoms. The van der Waals surface area contributed by atoms with Gasteiger partial charge in [-0.05, 0) is 48.4 Å². The molecule has 104 valence electrons. The Morgan fingerprint density at radius 1 is 1.20 bits per heavy atom. The Labute approximate surface area is 125 Å². The minimum Gasteiger partial charge on any atom is -0.385 e. The molecule has 0 saturated carbocycles. The molecule has 3 rings (SSSR count). The van der Waals surface area contributed by atoms with E-state index in [1.54, 1.807) is 11.8 Å². The van der Waals surface area contributed by atoms with Gasteiger partial charge in [0.25, 0.3) is 0 Å². The first-order chi connectivity index (χ1) is 9.86. The maximum Gasteiger partial charge on any atom is 0.0423 e. The Balaban J connectivity index is 1.75. The van der Waals surface area contributed by atoms with Gasteiger partial charge in [0.15, 0.2) is 0 Å². The zero-order valence-corrected chi connectivity index (χ0v) is 12.6. The van der Waals surface area contributed by atoms with Gasteiger partial charge in [0, 0.05) is 29.4 Å². The molecule has 0 atom stereocenters. The van der Waals surface area contributed by atoms with Gasteiger partial charge < -0.3 is 10.6 Å². The van der Waals surface area contributed by atoms with Gasteiger partial charge in [0.05, 0.1) is 0 Å². The molecule has 2 N–H and O–H groups in total. The number of fused-ring (bicyclic) bond motifs is 1. The summed E-state index contributed by atoms with van der Waals surface area (Å²) in [4.78, 5) is 1.29. The van der Waals surface area contributed by atoms with Gasteiger partial charge in [-0.1, -0.05) is 24.3 Å². The summed E-state index contributed by atoms with van der Waals surface area (Å²) in [6, 6.07) is 15.2. The topological polar surface area (TPSA) is 24.1 Å². The number of para-hydroxylation sites is 1. The van der Waals surface area contributed by atoms with E-state index in [2.05, 4.69) is 59.4 Å². The normalized spacial score (nSPS) is 13.4. The summed E-state index contributed by atoms with van der Waals surface area (Å²) in [5.74, 6) is 0. The molecular formula is C17H20N2S. The zero-order valence-electron chi connectivity index (χ0n) is 11.8. The van der Waals surface area contributed by atoms with Crippen molar-refractivity contribution in [3.8, 4) is 0 Å². The van der Waals surface area contributed by atoms with Gasteiger partial charge in [-0.2, -0.15) is 0 Å². The van der Waals surface area contributed by atoms with E-state index >= 15 is 0 Å². The van der Waals surface area contributed by atoms with E-state index in [4.69, 9.17) is 0 Å². The Kier molecular flexibility index (Phi) is 4.16. The summed E-state index contributed by atoms with van der Waals surface area (Å²) < 4.78 is 0. The molecule has 0 spiro atoms. The first kappa shape index (κ1) is 13.4. The molecule has 0 radical (unpaired) electrons. The van der Waals surface area contributed by atoms with Crippen LogP contribution < -0.4 is 10.6 Å². The molecule has 2 nitrogen and oxygen atoms in total. The van der Waals surface area contributed by atoms with Gasteiger partial charge in [-0.3, -0.25) is 0 Å². The van der Waals surface area contributed by atoms with Crippen LogP contribution in [0.15, 0.2) is 47.4 Å². The zero-order chi connectivity index (χ0) is 13.8. The maximum absolute atomic E-state index is 3.55. The molecule has 20 heavy (non-hydrogen) atoms. The van der Waals surface area contributed by atoms with Gasteiger partial charge in [-0.15, -0.1) is 11.8 Å². The van der Waals surface area contributed by atoms with Crippen molar-refractivity contribution in [1.82, 2.24) is 0 Å². The first-order valence-electron chi connectivity index (χ1n) is 7.09. The van der Waals surface area contributed by atoms with Crippen molar-refractivity contribution in [3.63, 3.8) is 0 Å². The second kappa shape index (κ2) is 6.23. The molecule has 0 aromatic heterocycles. The lowest BCUT2D eigenvalue weighted by Gasteiger charge is -2.21. The van der Waals surface area contributed by atoms with Crippen LogP contribution in [0.4, 0.5) is 11.4 Å².